The Kier molecular flexibility index (Phi) is 6.04. The van der Waals surface area contributed by atoms with Crippen molar-refractivity contribution in [2.24, 2.45) is 0 Å². The number of nitrogens with one attached hydrogen (secondary N) is 1. The maximum absolute atomic E-state index is 12.1. The first-order chi connectivity index (χ1) is 12.7. The van der Waals surface area contributed by atoms with Crippen LogP contribution in [-0.4, -0.2) is 29.3 Å². The molecule has 1 amide bonds. The second-order valence-electron chi connectivity index (χ2n) is 6.58. The zero-order valence-corrected chi connectivity index (χ0v) is 15.2. The first-order valence-corrected chi connectivity index (χ1v) is 9.15. The van der Waals surface area contributed by atoms with Crippen molar-refractivity contribution in [2.45, 2.75) is 45.1 Å². The molecule has 1 N–H and O–H groups in total. The van der Waals surface area contributed by atoms with Crippen molar-refractivity contribution in [3.8, 4) is 5.75 Å². The summed E-state index contributed by atoms with van der Waals surface area (Å²) in [6.45, 7) is 0.813. The van der Waals surface area contributed by atoms with E-state index in [-0.39, 0.29) is 11.5 Å². The highest BCUT2D eigenvalue weighted by Crippen LogP contribution is 2.16. The van der Waals surface area contributed by atoms with Crippen molar-refractivity contribution in [2.75, 3.05) is 13.7 Å². The Bertz CT molecular complexity index is 812. The van der Waals surface area contributed by atoms with Gasteiger partial charge >= 0.3 is 0 Å². The summed E-state index contributed by atoms with van der Waals surface area (Å²) >= 11 is 0. The molecule has 0 bridgehead atoms. The lowest BCUT2D eigenvalue weighted by Crippen LogP contribution is -2.33. The van der Waals surface area contributed by atoms with Gasteiger partial charge in [-0.05, 0) is 55.4 Å². The Hall–Kier alpha value is -2.63. The van der Waals surface area contributed by atoms with Gasteiger partial charge in [-0.2, -0.15) is 5.10 Å². The highest BCUT2D eigenvalue weighted by Gasteiger charge is 2.13. The average molecular weight is 355 g/mol. The van der Waals surface area contributed by atoms with E-state index in [4.69, 9.17) is 4.74 Å². The number of nitrogens with zero attached hydrogens (tertiary/aromatic N) is 2. The van der Waals surface area contributed by atoms with Crippen molar-refractivity contribution < 1.29 is 9.53 Å². The van der Waals surface area contributed by atoms with E-state index < -0.39 is 0 Å². The standard InChI is InChI=1S/C20H25N3O3/c1-26-17-9-6-15(7-10-17)8-11-19(24)21-12-13-23-20(25)14-16-4-2-3-5-18(16)22-23/h6-7,9-10,14H,2-5,8,11-13H2,1H3,(H,21,24). The van der Waals surface area contributed by atoms with Crippen molar-refractivity contribution in [3.05, 3.63) is 57.5 Å². The minimum absolute atomic E-state index is 0.0215. The van der Waals surface area contributed by atoms with Gasteiger partial charge in [0.2, 0.25) is 5.91 Å². The smallest absolute Gasteiger partial charge is 0.267 e. The summed E-state index contributed by atoms with van der Waals surface area (Å²) in [5.74, 6) is 0.785. The molecule has 6 nitrogen and oxygen atoms in total. The molecule has 2 aromatic rings. The number of carbonyl (C=O) groups is 1. The number of benzene rings is 1. The number of amides is 1. The lowest BCUT2D eigenvalue weighted by molar-refractivity contribution is -0.121. The van der Waals surface area contributed by atoms with Crippen LogP contribution in [0.2, 0.25) is 0 Å². The minimum Gasteiger partial charge on any atom is -0.497 e. The SMILES string of the molecule is COc1ccc(CCC(=O)NCCn2nc3c(cc2=O)CCCC3)cc1. The summed E-state index contributed by atoms with van der Waals surface area (Å²) in [5.41, 5.74) is 3.12. The molecule has 1 aromatic heterocycles. The molecule has 3 rings (SSSR count). The molecule has 1 heterocycles. The fourth-order valence-electron chi connectivity index (χ4n) is 3.20. The molecule has 1 aliphatic rings. The van der Waals surface area contributed by atoms with Crippen LogP contribution >= 0.6 is 0 Å². The number of aromatic nitrogens is 2. The van der Waals surface area contributed by atoms with Gasteiger partial charge in [0.15, 0.2) is 0 Å². The van der Waals surface area contributed by atoms with Crippen LogP contribution in [0.4, 0.5) is 0 Å². The van der Waals surface area contributed by atoms with Crippen LogP contribution in [0, 0.1) is 0 Å². The topological polar surface area (TPSA) is 73.2 Å². The second kappa shape index (κ2) is 8.65. The van der Waals surface area contributed by atoms with Crippen LogP contribution in [0.5, 0.6) is 5.75 Å². The van der Waals surface area contributed by atoms with Gasteiger partial charge in [-0.3, -0.25) is 9.59 Å². The van der Waals surface area contributed by atoms with E-state index in [1.807, 2.05) is 24.3 Å². The zero-order chi connectivity index (χ0) is 18.4. The first kappa shape index (κ1) is 18.2. The molecule has 26 heavy (non-hydrogen) atoms. The number of aryl methyl sites for hydroxylation is 3. The highest BCUT2D eigenvalue weighted by molar-refractivity contribution is 5.76. The molecule has 0 aliphatic heterocycles. The molecule has 0 radical (unpaired) electrons. The summed E-state index contributed by atoms with van der Waals surface area (Å²) in [5, 5.41) is 7.33. The number of methoxy groups -OCH3 is 1. The van der Waals surface area contributed by atoms with E-state index in [1.54, 1.807) is 13.2 Å². The molecule has 1 aliphatic carbocycles. The minimum atomic E-state index is -0.0851. The van der Waals surface area contributed by atoms with Gasteiger partial charge in [-0.1, -0.05) is 12.1 Å². The third-order valence-electron chi connectivity index (χ3n) is 4.72. The van der Waals surface area contributed by atoms with Crippen LogP contribution in [0.15, 0.2) is 35.1 Å². The third-order valence-corrected chi connectivity index (χ3v) is 4.72. The Morgan fingerprint density at radius 1 is 1.23 bits per heavy atom. The second-order valence-corrected chi connectivity index (χ2v) is 6.58. The zero-order valence-electron chi connectivity index (χ0n) is 15.2. The first-order valence-electron chi connectivity index (χ1n) is 9.15. The third kappa shape index (κ3) is 4.71. The van der Waals surface area contributed by atoms with Gasteiger partial charge in [-0.15, -0.1) is 0 Å². The average Bonchev–Trinajstić information content (AvgIpc) is 2.67. The number of hydrogen-bond acceptors (Lipinski definition) is 4. The Balaban J connectivity index is 1.45. The molecule has 138 valence electrons. The van der Waals surface area contributed by atoms with Crippen LogP contribution < -0.4 is 15.6 Å². The van der Waals surface area contributed by atoms with Gasteiger partial charge < -0.3 is 10.1 Å². The van der Waals surface area contributed by atoms with E-state index >= 15 is 0 Å². The van der Waals surface area contributed by atoms with Gasteiger partial charge in [0, 0.05) is 19.0 Å². The summed E-state index contributed by atoms with van der Waals surface area (Å²) in [6, 6.07) is 9.40. The van der Waals surface area contributed by atoms with Crippen molar-refractivity contribution in [1.29, 1.82) is 0 Å². The van der Waals surface area contributed by atoms with Crippen molar-refractivity contribution >= 4 is 5.91 Å². The van der Waals surface area contributed by atoms with Crippen LogP contribution in [0.3, 0.4) is 0 Å². The Labute approximate surface area is 153 Å². The number of carbonyl (C=O) groups excluding carboxylic acids is 1. The maximum atomic E-state index is 12.1. The molecule has 0 spiro atoms. The maximum Gasteiger partial charge on any atom is 0.267 e. The molecule has 1 aromatic carbocycles. The van der Waals surface area contributed by atoms with Crippen LogP contribution in [-0.2, 0) is 30.6 Å². The van der Waals surface area contributed by atoms with Gasteiger partial charge in [-0.25, -0.2) is 4.68 Å². The van der Waals surface area contributed by atoms with Crippen molar-refractivity contribution in [1.82, 2.24) is 15.1 Å². The van der Waals surface area contributed by atoms with Gasteiger partial charge in [0.1, 0.15) is 5.75 Å². The molecule has 0 saturated heterocycles. The number of ether oxygens (including phenoxy) is 1. The van der Waals surface area contributed by atoms with E-state index in [1.165, 1.54) is 4.68 Å². The number of fused-ring (bicyclic) bond motifs is 1. The molecule has 0 fully saturated rings. The predicted molar refractivity (Wildman–Crippen MR) is 99.5 cm³/mol. The highest BCUT2D eigenvalue weighted by atomic mass is 16.5. The predicted octanol–water partition coefficient (Wildman–Crippen LogP) is 1.88. The largest absolute Gasteiger partial charge is 0.497 e. The van der Waals surface area contributed by atoms with Gasteiger partial charge in [0.25, 0.3) is 5.56 Å². The monoisotopic (exact) mass is 355 g/mol. The number of hydrogen-bond donors (Lipinski definition) is 1. The van der Waals surface area contributed by atoms with Crippen molar-refractivity contribution in [3.63, 3.8) is 0 Å². The molecule has 6 heteroatoms. The molecule has 0 unspecified atom stereocenters. The summed E-state index contributed by atoms with van der Waals surface area (Å²) < 4.78 is 6.59. The van der Waals surface area contributed by atoms with E-state index in [0.717, 1.165) is 48.3 Å². The molecule has 0 atom stereocenters. The fourth-order valence-corrected chi connectivity index (χ4v) is 3.20. The Morgan fingerprint density at radius 3 is 2.77 bits per heavy atom. The Morgan fingerprint density at radius 2 is 2.00 bits per heavy atom. The van der Waals surface area contributed by atoms with E-state index in [9.17, 15) is 9.59 Å². The lowest BCUT2D eigenvalue weighted by atomic mass is 9.97. The summed E-state index contributed by atoms with van der Waals surface area (Å²) in [6.07, 6.45) is 5.22. The van der Waals surface area contributed by atoms with E-state index in [2.05, 4.69) is 10.4 Å². The quantitative estimate of drug-likeness (QED) is 0.823. The summed E-state index contributed by atoms with van der Waals surface area (Å²) in [7, 11) is 1.63. The van der Waals surface area contributed by atoms with Crippen LogP contribution in [0.1, 0.15) is 36.1 Å². The van der Waals surface area contributed by atoms with Crippen LogP contribution in [0.25, 0.3) is 0 Å². The lowest BCUT2D eigenvalue weighted by Gasteiger charge is -2.16. The number of rotatable bonds is 7. The van der Waals surface area contributed by atoms with E-state index in [0.29, 0.717) is 25.9 Å². The van der Waals surface area contributed by atoms with Gasteiger partial charge in [0.05, 0.1) is 19.3 Å². The molecule has 0 saturated carbocycles. The summed E-state index contributed by atoms with van der Waals surface area (Å²) in [4.78, 5) is 24.1. The molecular weight excluding hydrogens is 330 g/mol. The normalized spacial score (nSPS) is 13.1. The molecular formula is C20H25N3O3. The fraction of sp³-hybridized carbons (Fsp3) is 0.450.